The SMILES string of the molecule is CCCN1C(=O)c2cccc(NS(=O)(=O)c3cccc(OC)c3)c2C1=O. The Kier molecular flexibility index (Phi) is 4.69. The van der Waals surface area contributed by atoms with E-state index in [2.05, 4.69) is 4.72 Å². The maximum absolute atomic E-state index is 12.7. The van der Waals surface area contributed by atoms with Crippen LogP contribution in [0, 0.1) is 0 Å². The Morgan fingerprint density at radius 3 is 2.50 bits per heavy atom. The Morgan fingerprint density at radius 1 is 1.08 bits per heavy atom. The molecule has 0 bridgehead atoms. The highest BCUT2D eigenvalue weighted by Crippen LogP contribution is 2.31. The molecule has 8 heteroatoms. The number of fused-ring (bicyclic) bond motifs is 1. The average Bonchev–Trinajstić information content (AvgIpc) is 2.88. The number of carbonyl (C=O) groups excluding carboxylic acids is 2. The number of carbonyl (C=O) groups is 2. The van der Waals surface area contributed by atoms with Crippen LogP contribution in [0.15, 0.2) is 47.4 Å². The van der Waals surface area contributed by atoms with Crippen LogP contribution in [0.4, 0.5) is 5.69 Å². The summed E-state index contributed by atoms with van der Waals surface area (Å²) in [7, 11) is -2.51. The normalized spacial score (nSPS) is 13.7. The molecule has 1 N–H and O–H groups in total. The number of nitrogens with zero attached hydrogens (tertiary/aromatic N) is 1. The predicted octanol–water partition coefficient (Wildman–Crippen LogP) is 2.50. The van der Waals surface area contributed by atoms with Crippen LogP contribution in [0.2, 0.25) is 0 Å². The van der Waals surface area contributed by atoms with Crippen LogP contribution in [0.3, 0.4) is 0 Å². The third kappa shape index (κ3) is 3.03. The number of amides is 2. The molecule has 1 aliphatic heterocycles. The maximum atomic E-state index is 12.7. The van der Waals surface area contributed by atoms with E-state index in [-0.39, 0.29) is 28.3 Å². The van der Waals surface area contributed by atoms with Crippen LogP contribution in [0.25, 0.3) is 0 Å². The number of rotatable bonds is 6. The van der Waals surface area contributed by atoms with Crippen LogP contribution in [-0.2, 0) is 10.0 Å². The smallest absolute Gasteiger partial charge is 0.263 e. The number of nitrogens with one attached hydrogen (secondary N) is 1. The highest BCUT2D eigenvalue weighted by atomic mass is 32.2. The number of sulfonamides is 1. The Labute approximate surface area is 151 Å². The van der Waals surface area contributed by atoms with E-state index < -0.39 is 21.8 Å². The van der Waals surface area contributed by atoms with Crippen LogP contribution in [0.1, 0.15) is 34.1 Å². The van der Waals surface area contributed by atoms with Gasteiger partial charge in [-0.3, -0.25) is 19.2 Å². The molecule has 1 heterocycles. The van der Waals surface area contributed by atoms with E-state index in [0.717, 1.165) is 4.90 Å². The summed E-state index contributed by atoms with van der Waals surface area (Å²) in [5.41, 5.74) is 0.369. The molecule has 1 aliphatic rings. The fourth-order valence-corrected chi connectivity index (χ4v) is 3.92. The van der Waals surface area contributed by atoms with Gasteiger partial charge in [0.1, 0.15) is 5.75 Å². The topological polar surface area (TPSA) is 92.8 Å². The maximum Gasteiger partial charge on any atom is 0.263 e. The van der Waals surface area contributed by atoms with E-state index in [1.54, 1.807) is 18.2 Å². The molecule has 0 aliphatic carbocycles. The number of methoxy groups -OCH3 is 1. The molecule has 0 aromatic heterocycles. The predicted molar refractivity (Wildman–Crippen MR) is 95.9 cm³/mol. The van der Waals surface area contributed by atoms with Crippen LogP contribution in [0.5, 0.6) is 5.75 Å². The summed E-state index contributed by atoms with van der Waals surface area (Å²) >= 11 is 0. The number of hydrogen-bond donors (Lipinski definition) is 1. The lowest BCUT2D eigenvalue weighted by atomic mass is 10.1. The molecule has 2 aromatic carbocycles. The second-order valence-electron chi connectivity index (χ2n) is 5.77. The summed E-state index contributed by atoms with van der Waals surface area (Å²) < 4.78 is 32.8. The van der Waals surface area contributed by atoms with Gasteiger partial charge in [0, 0.05) is 12.6 Å². The summed E-state index contributed by atoms with van der Waals surface area (Å²) in [5.74, 6) is -0.503. The second kappa shape index (κ2) is 6.80. The molecular weight excluding hydrogens is 356 g/mol. The van der Waals surface area contributed by atoms with Crippen molar-refractivity contribution < 1.29 is 22.7 Å². The zero-order valence-electron chi connectivity index (χ0n) is 14.4. The first-order valence-electron chi connectivity index (χ1n) is 8.05. The molecule has 7 nitrogen and oxygen atoms in total. The molecule has 26 heavy (non-hydrogen) atoms. The molecule has 2 aromatic rings. The Balaban J connectivity index is 2.00. The van der Waals surface area contributed by atoms with Gasteiger partial charge in [-0.05, 0) is 30.7 Å². The molecule has 0 fully saturated rings. The lowest BCUT2D eigenvalue weighted by Gasteiger charge is -2.13. The second-order valence-corrected chi connectivity index (χ2v) is 7.46. The summed E-state index contributed by atoms with van der Waals surface area (Å²) in [5, 5.41) is 0. The molecule has 0 saturated carbocycles. The molecule has 2 amide bonds. The minimum Gasteiger partial charge on any atom is -0.497 e. The van der Waals surface area contributed by atoms with Crippen molar-refractivity contribution >= 4 is 27.5 Å². The van der Waals surface area contributed by atoms with Gasteiger partial charge in [0.15, 0.2) is 0 Å². The first kappa shape index (κ1) is 17.9. The Morgan fingerprint density at radius 2 is 1.81 bits per heavy atom. The summed E-state index contributed by atoms with van der Waals surface area (Å²) in [6.45, 7) is 2.14. The number of benzene rings is 2. The van der Waals surface area contributed by atoms with Gasteiger partial charge in [-0.1, -0.05) is 19.1 Å². The number of hydrogen-bond acceptors (Lipinski definition) is 5. The molecule has 3 rings (SSSR count). The van der Waals surface area contributed by atoms with E-state index >= 15 is 0 Å². The van der Waals surface area contributed by atoms with Crippen molar-refractivity contribution in [1.82, 2.24) is 4.90 Å². The molecule has 0 unspecified atom stereocenters. The molecule has 0 atom stereocenters. The van der Waals surface area contributed by atoms with Crippen molar-refractivity contribution in [1.29, 1.82) is 0 Å². The van der Waals surface area contributed by atoms with E-state index in [4.69, 9.17) is 4.74 Å². The van der Waals surface area contributed by atoms with Gasteiger partial charge in [-0.25, -0.2) is 8.42 Å². The molecular formula is C18H18N2O5S. The van der Waals surface area contributed by atoms with Crippen molar-refractivity contribution in [2.75, 3.05) is 18.4 Å². The first-order valence-corrected chi connectivity index (χ1v) is 9.53. The summed E-state index contributed by atoms with van der Waals surface area (Å²) in [4.78, 5) is 26.1. The van der Waals surface area contributed by atoms with Crippen molar-refractivity contribution in [2.45, 2.75) is 18.2 Å². The summed E-state index contributed by atoms with van der Waals surface area (Å²) in [6.07, 6.45) is 0.621. The van der Waals surface area contributed by atoms with E-state index in [1.807, 2.05) is 6.92 Å². The van der Waals surface area contributed by atoms with Gasteiger partial charge in [-0.2, -0.15) is 0 Å². The minimum atomic E-state index is -3.95. The zero-order valence-corrected chi connectivity index (χ0v) is 15.2. The lowest BCUT2D eigenvalue weighted by molar-refractivity contribution is 0.0654. The molecule has 0 spiro atoms. The van der Waals surface area contributed by atoms with Crippen molar-refractivity contribution in [3.05, 3.63) is 53.6 Å². The highest BCUT2D eigenvalue weighted by molar-refractivity contribution is 7.92. The van der Waals surface area contributed by atoms with E-state index in [1.165, 1.54) is 31.4 Å². The standard InChI is InChI=1S/C18H18N2O5S/c1-3-10-20-17(21)14-8-5-9-15(16(14)18(20)22)19-26(23,24)13-7-4-6-12(11-13)25-2/h4-9,11,19H,3,10H2,1-2H3. The van der Waals surface area contributed by atoms with E-state index in [0.29, 0.717) is 12.2 Å². The van der Waals surface area contributed by atoms with Gasteiger partial charge >= 0.3 is 0 Å². The first-order chi connectivity index (χ1) is 12.4. The fraction of sp³-hybridized carbons (Fsp3) is 0.222. The van der Waals surface area contributed by atoms with Gasteiger partial charge in [-0.15, -0.1) is 0 Å². The third-order valence-corrected chi connectivity index (χ3v) is 5.41. The number of imide groups is 1. The van der Waals surface area contributed by atoms with E-state index in [9.17, 15) is 18.0 Å². The number of anilines is 1. The van der Waals surface area contributed by atoms with Gasteiger partial charge in [0.05, 0.1) is 28.8 Å². The zero-order chi connectivity index (χ0) is 18.9. The van der Waals surface area contributed by atoms with Gasteiger partial charge in [0.2, 0.25) is 0 Å². The van der Waals surface area contributed by atoms with Crippen molar-refractivity contribution in [3.8, 4) is 5.75 Å². The highest BCUT2D eigenvalue weighted by Gasteiger charge is 2.37. The van der Waals surface area contributed by atoms with Gasteiger partial charge in [0.25, 0.3) is 21.8 Å². The van der Waals surface area contributed by atoms with Crippen molar-refractivity contribution in [3.63, 3.8) is 0 Å². The van der Waals surface area contributed by atoms with Crippen LogP contribution < -0.4 is 9.46 Å². The summed E-state index contributed by atoms with van der Waals surface area (Å²) in [6, 6.07) is 10.5. The third-order valence-electron chi connectivity index (χ3n) is 4.04. The fourth-order valence-electron chi connectivity index (χ4n) is 2.82. The minimum absolute atomic E-state index is 0.00311. The lowest BCUT2D eigenvalue weighted by Crippen LogP contribution is -2.30. The Bertz CT molecular complexity index is 985. The molecule has 136 valence electrons. The average molecular weight is 374 g/mol. The molecule has 0 radical (unpaired) electrons. The van der Waals surface area contributed by atoms with Crippen molar-refractivity contribution in [2.24, 2.45) is 0 Å². The largest absolute Gasteiger partial charge is 0.497 e. The number of ether oxygens (including phenoxy) is 1. The van der Waals surface area contributed by atoms with Crippen LogP contribution >= 0.6 is 0 Å². The Hall–Kier alpha value is -2.87. The quantitative estimate of drug-likeness (QED) is 0.784. The molecule has 0 saturated heterocycles. The van der Waals surface area contributed by atoms with Crippen LogP contribution in [-0.4, -0.2) is 38.8 Å². The van der Waals surface area contributed by atoms with Gasteiger partial charge < -0.3 is 4.74 Å². The monoisotopic (exact) mass is 374 g/mol.